The molecule has 0 spiro atoms. The summed E-state index contributed by atoms with van der Waals surface area (Å²) in [5.74, 6) is 0.790. The van der Waals surface area contributed by atoms with E-state index in [0.29, 0.717) is 24.0 Å². The number of halogens is 1. The summed E-state index contributed by atoms with van der Waals surface area (Å²) in [6.07, 6.45) is 1.65. The average Bonchev–Trinajstić information content (AvgIpc) is 3.12. The Morgan fingerprint density at radius 3 is 2.56 bits per heavy atom. The molecule has 2 aromatic carbocycles. The Hall–Kier alpha value is -3.48. The van der Waals surface area contributed by atoms with Crippen molar-refractivity contribution in [1.29, 1.82) is 0 Å². The highest BCUT2D eigenvalue weighted by Gasteiger charge is 2.10. The first-order valence-corrected chi connectivity index (χ1v) is 7.79. The van der Waals surface area contributed by atoms with Crippen molar-refractivity contribution in [2.75, 3.05) is 10.6 Å². The minimum Gasteiger partial charge on any atom is -0.350 e. The first-order chi connectivity index (χ1) is 12.3. The molecule has 2 aromatic heterocycles. The van der Waals surface area contributed by atoms with Gasteiger partial charge in [-0.1, -0.05) is 30.3 Å². The second-order valence-corrected chi connectivity index (χ2v) is 5.50. The van der Waals surface area contributed by atoms with Gasteiger partial charge in [-0.25, -0.2) is 4.39 Å². The molecule has 4 rings (SSSR count). The molecule has 7 heteroatoms. The van der Waals surface area contributed by atoms with Gasteiger partial charge < -0.3 is 10.6 Å². The van der Waals surface area contributed by atoms with E-state index >= 15 is 0 Å². The van der Waals surface area contributed by atoms with Crippen molar-refractivity contribution in [3.8, 4) is 0 Å². The topological polar surface area (TPSA) is 78.5 Å². The minimum atomic E-state index is -0.285. The van der Waals surface area contributed by atoms with Gasteiger partial charge >= 0.3 is 0 Å². The number of fused-ring (bicyclic) bond motifs is 1. The van der Waals surface area contributed by atoms with Crippen LogP contribution in [0.1, 0.15) is 5.56 Å². The van der Waals surface area contributed by atoms with Gasteiger partial charge in [-0.15, -0.1) is 0 Å². The van der Waals surface area contributed by atoms with E-state index in [-0.39, 0.29) is 5.82 Å². The Labute approximate surface area is 143 Å². The molecule has 0 aliphatic carbocycles. The first-order valence-electron chi connectivity index (χ1n) is 7.79. The SMILES string of the molecule is Fc1ccc(Nc2nc(NCc3ccccc3)nc3[nH]ncc23)cc1. The smallest absolute Gasteiger partial charge is 0.226 e. The summed E-state index contributed by atoms with van der Waals surface area (Å²) < 4.78 is 13.1. The third-order valence-electron chi connectivity index (χ3n) is 3.71. The molecule has 124 valence electrons. The highest BCUT2D eigenvalue weighted by atomic mass is 19.1. The molecular formula is C18H15FN6. The fraction of sp³-hybridized carbons (Fsp3) is 0.0556. The van der Waals surface area contributed by atoms with Gasteiger partial charge in [0.05, 0.1) is 11.6 Å². The number of hydrogen-bond acceptors (Lipinski definition) is 5. The van der Waals surface area contributed by atoms with Crippen molar-refractivity contribution < 1.29 is 4.39 Å². The zero-order valence-electron chi connectivity index (χ0n) is 13.2. The van der Waals surface area contributed by atoms with Crippen molar-refractivity contribution in [2.45, 2.75) is 6.54 Å². The van der Waals surface area contributed by atoms with E-state index in [2.05, 4.69) is 30.8 Å². The fourth-order valence-corrected chi connectivity index (χ4v) is 2.46. The molecule has 2 heterocycles. The first kappa shape index (κ1) is 15.1. The molecule has 4 aromatic rings. The van der Waals surface area contributed by atoms with E-state index in [0.717, 1.165) is 16.6 Å². The predicted molar refractivity (Wildman–Crippen MR) is 95.1 cm³/mol. The van der Waals surface area contributed by atoms with Crippen LogP contribution in [0.2, 0.25) is 0 Å². The highest BCUT2D eigenvalue weighted by Crippen LogP contribution is 2.24. The maximum atomic E-state index is 13.1. The summed E-state index contributed by atoms with van der Waals surface area (Å²) in [4.78, 5) is 8.95. The van der Waals surface area contributed by atoms with Crippen molar-refractivity contribution in [2.24, 2.45) is 0 Å². The quantitative estimate of drug-likeness (QED) is 0.517. The fourth-order valence-electron chi connectivity index (χ4n) is 2.46. The number of hydrogen-bond donors (Lipinski definition) is 3. The number of nitrogens with zero attached hydrogens (tertiary/aromatic N) is 3. The Morgan fingerprint density at radius 2 is 1.76 bits per heavy atom. The van der Waals surface area contributed by atoms with Crippen LogP contribution in [0.25, 0.3) is 11.0 Å². The van der Waals surface area contributed by atoms with Gasteiger partial charge in [0.1, 0.15) is 11.6 Å². The molecule has 0 unspecified atom stereocenters. The Bertz CT molecular complexity index is 982. The summed E-state index contributed by atoms with van der Waals surface area (Å²) in [7, 11) is 0. The molecule has 0 saturated carbocycles. The largest absolute Gasteiger partial charge is 0.350 e. The lowest BCUT2D eigenvalue weighted by Crippen LogP contribution is -2.05. The molecule has 0 atom stereocenters. The number of anilines is 3. The lowest BCUT2D eigenvalue weighted by molar-refractivity contribution is 0.628. The number of aromatic nitrogens is 4. The number of H-pyrrole nitrogens is 1. The van der Waals surface area contributed by atoms with E-state index in [9.17, 15) is 4.39 Å². The zero-order chi connectivity index (χ0) is 17.1. The molecule has 6 nitrogen and oxygen atoms in total. The van der Waals surface area contributed by atoms with Crippen LogP contribution in [-0.4, -0.2) is 20.2 Å². The summed E-state index contributed by atoms with van der Waals surface area (Å²) in [5.41, 5.74) is 2.48. The van der Waals surface area contributed by atoms with Gasteiger partial charge in [-0.3, -0.25) is 5.10 Å². The number of rotatable bonds is 5. The second-order valence-electron chi connectivity index (χ2n) is 5.50. The maximum absolute atomic E-state index is 13.1. The van der Waals surface area contributed by atoms with E-state index in [1.54, 1.807) is 18.3 Å². The van der Waals surface area contributed by atoms with Crippen LogP contribution in [0.3, 0.4) is 0 Å². The van der Waals surface area contributed by atoms with E-state index in [1.165, 1.54) is 12.1 Å². The van der Waals surface area contributed by atoms with Crippen molar-refractivity contribution in [3.05, 3.63) is 72.2 Å². The highest BCUT2D eigenvalue weighted by molar-refractivity contribution is 5.89. The number of aromatic amines is 1. The second kappa shape index (κ2) is 6.56. The molecule has 0 aliphatic rings. The lowest BCUT2D eigenvalue weighted by atomic mass is 10.2. The summed E-state index contributed by atoms with van der Waals surface area (Å²) in [5, 5.41) is 14.0. The molecule has 25 heavy (non-hydrogen) atoms. The van der Waals surface area contributed by atoms with Crippen LogP contribution < -0.4 is 10.6 Å². The van der Waals surface area contributed by atoms with Gasteiger partial charge in [-0.2, -0.15) is 15.1 Å². The van der Waals surface area contributed by atoms with Gasteiger partial charge in [-0.05, 0) is 29.8 Å². The van der Waals surface area contributed by atoms with Gasteiger partial charge in [0.25, 0.3) is 0 Å². The molecule has 0 saturated heterocycles. The molecule has 0 bridgehead atoms. The summed E-state index contributed by atoms with van der Waals surface area (Å²) in [6.45, 7) is 0.608. The zero-order valence-corrected chi connectivity index (χ0v) is 13.2. The van der Waals surface area contributed by atoms with E-state index in [1.807, 2.05) is 30.3 Å². The molecule has 0 amide bonds. The molecule has 0 aliphatic heterocycles. The summed E-state index contributed by atoms with van der Waals surface area (Å²) >= 11 is 0. The van der Waals surface area contributed by atoms with Crippen LogP contribution in [0.15, 0.2) is 60.8 Å². The van der Waals surface area contributed by atoms with Crippen LogP contribution in [0.5, 0.6) is 0 Å². The third kappa shape index (κ3) is 3.40. The lowest BCUT2D eigenvalue weighted by Gasteiger charge is -2.10. The van der Waals surface area contributed by atoms with Crippen molar-refractivity contribution in [1.82, 2.24) is 20.2 Å². The van der Waals surface area contributed by atoms with Gasteiger partial charge in [0.15, 0.2) is 5.65 Å². The van der Waals surface area contributed by atoms with Crippen molar-refractivity contribution in [3.63, 3.8) is 0 Å². The normalized spacial score (nSPS) is 10.8. The van der Waals surface area contributed by atoms with E-state index in [4.69, 9.17) is 0 Å². The third-order valence-corrected chi connectivity index (χ3v) is 3.71. The molecule has 0 radical (unpaired) electrons. The van der Waals surface area contributed by atoms with E-state index < -0.39 is 0 Å². The molecular weight excluding hydrogens is 319 g/mol. The maximum Gasteiger partial charge on any atom is 0.226 e. The summed E-state index contributed by atoms with van der Waals surface area (Å²) in [6, 6.07) is 16.1. The number of benzene rings is 2. The van der Waals surface area contributed by atoms with Crippen LogP contribution in [0, 0.1) is 5.82 Å². The Kier molecular flexibility index (Phi) is 3.96. The van der Waals surface area contributed by atoms with Gasteiger partial charge in [0.2, 0.25) is 5.95 Å². The molecule has 3 N–H and O–H groups in total. The van der Waals surface area contributed by atoms with Crippen LogP contribution >= 0.6 is 0 Å². The predicted octanol–water partition coefficient (Wildman–Crippen LogP) is 3.85. The molecule has 0 fully saturated rings. The van der Waals surface area contributed by atoms with Crippen LogP contribution in [-0.2, 0) is 6.54 Å². The Morgan fingerprint density at radius 1 is 0.960 bits per heavy atom. The van der Waals surface area contributed by atoms with Crippen molar-refractivity contribution >= 4 is 28.5 Å². The average molecular weight is 334 g/mol. The Balaban J connectivity index is 1.61. The number of nitrogens with one attached hydrogen (secondary N) is 3. The van der Waals surface area contributed by atoms with Crippen LogP contribution in [0.4, 0.5) is 21.8 Å². The van der Waals surface area contributed by atoms with Gasteiger partial charge in [0, 0.05) is 12.2 Å². The minimum absolute atomic E-state index is 0.285. The monoisotopic (exact) mass is 334 g/mol. The standard InChI is InChI=1S/C18H15FN6/c19-13-6-8-14(9-7-13)22-16-15-11-21-25-17(15)24-18(23-16)20-10-12-4-2-1-3-5-12/h1-9,11H,10H2,(H3,20,21,22,23,24,25).